The predicted molar refractivity (Wildman–Crippen MR) is 154 cm³/mol. The molecule has 1 aliphatic carbocycles. The lowest BCUT2D eigenvalue weighted by molar-refractivity contribution is -0.114. The number of furan rings is 1. The molecule has 3 aromatic heterocycles. The lowest BCUT2D eigenvalue weighted by atomic mass is 9.85. The summed E-state index contributed by atoms with van der Waals surface area (Å²) in [5.41, 5.74) is 4.77. The van der Waals surface area contributed by atoms with Gasteiger partial charge in [0.05, 0.1) is 35.2 Å². The van der Waals surface area contributed by atoms with Gasteiger partial charge < -0.3 is 19.8 Å². The molecule has 1 atom stereocenters. The number of imidazole rings is 2. The molecular formula is C31H32N6O4. The molecule has 2 aromatic carbocycles. The molecular weight excluding hydrogens is 520 g/mol. The lowest BCUT2D eigenvalue weighted by Crippen LogP contribution is -2.30. The second-order valence-electron chi connectivity index (χ2n) is 10.6. The van der Waals surface area contributed by atoms with E-state index in [4.69, 9.17) is 4.42 Å². The third-order valence-corrected chi connectivity index (χ3v) is 7.69. The van der Waals surface area contributed by atoms with Gasteiger partial charge in [0.25, 0.3) is 5.91 Å². The van der Waals surface area contributed by atoms with Gasteiger partial charge in [0, 0.05) is 18.1 Å². The Bertz CT molecular complexity index is 1680. The number of carbonyl (C=O) groups excluding carboxylic acids is 2. The van der Waals surface area contributed by atoms with Crippen molar-refractivity contribution in [1.29, 1.82) is 0 Å². The maximum Gasteiger partial charge on any atom is 0.251 e. The van der Waals surface area contributed by atoms with Crippen molar-refractivity contribution in [2.75, 3.05) is 5.32 Å². The molecule has 1 aliphatic rings. The van der Waals surface area contributed by atoms with Gasteiger partial charge in [-0.2, -0.15) is 0 Å². The number of nitrogens with zero attached hydrogens (tertiary/aromatic N) is 3. The van der Waals surface area contributed by atoms with Gasteiger partial charge >= 0.3 is 0 Å². The minimum Gasteiger partial charge on any atom is -0.508 e. The van der Waals surface area contributed by atoms with E-state index in [1.165, 1.54) is 31.7 Å². The number of benzene rings is 2. The molecule has 0 unspecified atom stereocenters. The fourth-order valence-electron chi connectivity index (χ4n) is 5.64. The molecule has 1 fully saturated rings. The molecule has 0 radical (unpaired) electrons. The average molecular weight is 553 g/mol. The Kier molecular flexibility index (Phi) is 7.28. The number of phenols is 1. The van der Waals surface area contributed by atoms with Crippen LogP contribution in [0.1, 0.15) is 78.2 Å². The standard InChI is InChI=1S/C31H32N6O4/c1-19(38)34-31-32-17-27(36-31)25(15-20-7-10-23(39)11-8-20)35-29(40)22-9-12-28-26(16-22)33-18-37(28)30-24(13-14-41-30)21-5-3-2-4-6-21/h7-14,16-18,21,25,39H,2-6,15H2,1H3,(H,35,40)(H2,32,34,36,38)/t25-/m0/s1. The van der Waals surface area contributed by atoms with Crippen LogP contribution in [0.2, 0.25) is 0 Å². The Balaban J connectivity index is 1.25. The number of aromatic hydroxyl groups is 1. The average Bonchev–Trinajstić information content (AvgIpc) is 3.73. The molecule has 3 heterocycles. The maximum atomic E-state index is 13.5. The number of carbonyl (C=O) groups is 2. The van der Waals surface area contributed by atoms with E-state index in [1.54, 1.807) is 55.2 Å². The third-order valence-electron chi connectivity index (χ3n) is 7.69. The summed E-state index contributed by atoms with van der Waals surface area (Å²) in [6, 6.07) is 13.9. The Morgan fingerprint density at radius 3 is 2.68 bits per heavy atom. The summed E-state index contributed by atoms with van der Waals surface area (Å²) in [5, 5.41) is 15.4. The monoisotopic (exact) mass is 552 g/mol. The second kappa shape index (κ2) is 11.3. The van der Waals surface area contributed by atoms with Gasteiger partial charge in [0.2, 0.25) is 17.7 Å². The number of hydrogen-bond acceptors (Lipinski definition) is 6. The Hall–Kier alpha value is -4.86. The molecule has 5 aromatic rings. The summed E-state index contributed by atoms with van der Waals surface area (Å²) >= 11 is 0. The minimum absolute atomic E-state index is 0.164. The number of rotatable bonds is 8. The summed E-state index contributed by atoms with van der Waals surface area (Å²) in [5.74, 6) is 1.21. The molecule has 4 N–H and O–H groups in total. The highest BCUT2D eigenvalue weighted by Gasteiger charge is 2.23. The van der Waals surface area contributed by atoms with Gasteiger partial charge in [-0.3, -0.25) is 19.5 Å². The number of phenolic OH excluding ortho intramolecular Hbond substituents is 1. The van der Waals surface area contributed by atoms with E-state index < -0.39 is 6.04 Å². The van der Waals surface area contributed by atoms with Crippen LogP contribution < -0.4 is 10.6 Å². The van der Waals surface area contributed by atoms with E-state index in [9.17, 15) is 14.7 Å². The first-order valence-corrected chi connectivity index (χ1v) is 13.9. The summed E-state index contributed by atoms with van der Waals surface area (Å²) in [4.78, 5) is 36.9. The van der Waals surface area contributed by atoms with Crippen LogP contribution in [-0.4, -0.2) is 36.4 Å². The smallest absolute Gasteiger partial charge is 0.251 e. The molecule has 210 valence electrons. The van der Waals surface area contributed by atoms with Crippen molar-refractivity contribution in [3.8, 4) is 11.6 Å². The van der Waals surface area contributed by atoms with E-state index in [2.05, 4.69) is 31.7 Å². The zero-order valence-corrected chi connectivity index (χ0v) is 22.8. The summed E-state index contributed by atoms with van der Waals surface area (Å²) in [6.07, 6.45) is 11.6. The lowest BCUT2D eigenvalue weighted by Gasteiger charge is -2.21. The van der Waals surface area contributed by atoms with E-state index in [-0.39, 0.29) is 17.6 Å². The first-order chi connectivity index (χ1) is 19.9. The number of amides is 2. The van der Waals surface area contributed by atoms with Crippen LogP contribution in [0, 0.1) is 0 Å². The van der Waals surface area contributed by atoms with Crippen LogP contribution in [0.4, 0.5) is 5.95 Å². The molecule has 6 rings (SSSR count). The van der Waals surface area contributed by atoms with Gasteiger partial charge in [-0.1, -0.05) is 31.4 Å². The van der Waals surface area contributed by atoms with Crippen molar-refractivity contribution in [2.24, 2.45) is 0 Å². The highest BCUT2D eigenvalue weighted by Crippen LogP contribution is 2.37. The number of hydrogen-bond donors (Lipinski definition) is 4. The number of aromatic amines is 1. The van der Waals surface area contributed by atoms with E-state index in [0.29, 0.717) is 35.1 Å². The summed E-state index contributed by atoms with van der Waals surface area (Å²) < 4.78 is 7.89. The Morgan fingerprint density at radius 1 is 1.10 bits per heavy atom. The molecule has 10 heteroatoms. The molecule has 1 saturated carbocycles. The van der Waals surface area contributed by atoms with Gasteiger partial charge in [-0.25, -0.2) is 9.97 Å². The van der Waals surface area contributed by atoms with E-state index in [1.807, 2.05) is 10.6 Å². The summed E-state index contributed by atoms with van der Waals surface area (Å²) in [6.45, 7) is 1.40. The van der Waals surface area contributed by atoms with Crippen molar-refractivity contribution in [3.63, 3.8) is 0 Å². The first-order valence-electron chi connectivity index (χ1n) is 13.9. The van der Waals surface area contributed by atoms with Gasteiger partial charge in [-0.15, -0.1) is 0 Å². The first kappa shape index (κ1) is 26.4. The molecule has 0 aliphatic heterocycles. The maximum absolute atomic E-state index is 13.5. The molecule has 2 amide bonds. The number of aromatic nitrogens is 4. The van der Waals surface area contributed by atoms with Crippen molar-refractivity contribution in [3.05, 3.63) is 89.7 Å². The van der Waals surface area contributed by atoms with Crippen LogP contribution >= 0.6 is 0 Å². The fraction of sp³-hybridized carbons (Fsp3) is 0.290. The van der Waals surface area contributed by atoms with Gasteiger partial charge in [-0.05, 0) is 67.1 Å². The van der Waals surface area contributed by atoms with Crippen molar-refractivity contribution in [1.82, 2.24) is 24.8 Å². The molecule has 0 spiro atoms. The van der Waals surface area contributed by atoms with Crippen LogP contribution in [-0.2, 0) is 11.2 Å². The Labute approximate surface area is 236 Å². The Morgan fingerprint density at radius 2 is 1.90 bits per heavy atom. The zero-order chi connectivity index (χ0) is 28.3. The normalized spacial score (nSPS) is 14.7. The van der Waals surface area contributed by atoms with Crippen LogP contribution in [0.3, 0.4) is 0 Å². The fourth-order valence-corrected chi connectivity index (χ4v) is 5.64. The van der Waals surface area contributed by atoms with Gasteiger partial charge in [0.1, 0.15) is 12.1 Å². The van der Waals surface area contributed by atoms with Crippen LogP contribution in [0.5, 0.6) is 5.75 Å². The molecule has 0 bridgehead atoms. The van der Waals surface area contributed by atoms with Crippen LogP contribution in [0.25, 0.3) is 16.9 Å². The highest BCUT2D eigenvalue weighted by atomic mass is 16.3. The molecule has 41 heavy (non-hydrogen) atoms. The van der Waals surface area contributed by atoms with Crippen molar-refractivity contribution >= 4 is 28.8 Å². The number of H-pyrrole nitrogens is 1. The van der Waals surface area contributed by atoms with E-state index >= 15 is 0 Å². The quantitative estimate of drug-likeness (QED) is 0.193. The number of nitrogens with one attached hydrogen (secondary N) is 3. The largest absolute Gasteiger partial charge is 0.508 e. The van der Waals surface area contributed by atoms with Crippen molar-refractivity contribution < 1.29 is 19.1 Å². The van der Waals surface area contributed by atoms with Gasteiger partial charge in [0.15, 0.2) is 0 Å². The zero-order valence-electron chi connectivity index (χ0n) is 22.8. The van der Waals surface area contributed by atoms with Crippen LogP contribution in [0.15, 0.2) is 71.7 Å². The molecule has 10 nitrogen and oxygen atoms in total. The molecule has 0 saturated heterocycles. The number of fused-ring (bicyclic) bond motifs is 1. The SMILES string of the molecule is CC(=O)Nc1ncc([C@H](Cc2ccc(O)cc2)NC(=O)c2ccc3c(c2)ncn3-c2occc2C2CCCCC2)[nH]1. The predicted octanol–water partition coefficient (Wildman–Crippen LogP) is 5.77. The second-order valence-corrected chi connectivity index (χ2v) is 10.6. The van der Waals surface area contributed by atoms with E-state index in [0.717, 1.165) is 29.8 Å². The number of anilines is 1. The summed E-state index contributed by atoms with van der Waals surface area (Å²) in [7, 11) is 0. The third kappa shape index (κ3) is 5.72. The van der Waals surface area contributed by atoms with Crippen molar-refractivity contribution in [2.45, 2.75) is 57.4 Å². The topological polar surface area (TPSA) is 138 Å². The highest BCUT2D eigenvalue weighted by molar-refractivity contribution is 5.97. The minimum atomic E-state index is -0.475.